The molecule has 41 heavy (non-hydrogen) atoms. The fourth-order valence-corrected chi connectivity index (χ4v) is 7.46. The smallest absolute Gasteiger partial charge is 0.246 e. The number of carbonyl (C=O) groups excluding carboxylic acids is 3. The summed E-state index contributed by atoms with van der Waals surface area (Å²) < 4.78 is 12.3. The van der Waals surface area contributed by atoms with E-state index in [1.807, 2.05) is 37.3 Å². The van der Waals surface area contributed by atoms with Gasteiger partial charge in [-0.25, -0.2) is 0 Å². The van der Waals surface area contributed by atoms with Crippen LogP contribution in [0.4, 0.5) is 5.69 Å². The highest BCUT2D eigenvalue weighted by molar-refractivity contribution is 6.35. The van der Waals surface area contributed by atoms with E-state index in [2.05, 4.69) is 10.6 Å². The number of anilines is 1. The lowest BCUT2D eigenvalue weighted by Gasteiger charge is -2.34. The molecule has 2 aromatic rings. The first-order valence-corrected chi connectivity index (χ1v) is 15.0. The van der Waals surface area contributed by atoms with E-state index in [0.717, 1.165) is 37.7 Å². The minimum Gasteiger partial charge on any atom is -0.494 e. The molecule has 3 aliphatic heterocycles. The molecule has 3 heterocycles. The molecule has 10 heteroatoms. The Bertz CT molecular complexity index is 1370. The Kier molecular flexibility index (Phi) is 7.74. The van der Waals surface area contributed by atoms with Gasteiger partial charge in [-0.15, -0.1) is 0 Å². The van der Waals surface area contributed by atoms with E-state index in [4.69, 9.17) is 32.7 Å². The highest BCUT2D eigenvalue weighted by Crippen LogP contribution is 2.55. The molecule has 0 aromatic heterocycles. The van der Waals surface area contributed by atoms with E-state index in [9.17, 15) is 14.4 Å². The number of likely N-dealkylation sites (tertiary alicyclic amines) is 1. The van der Waals surface area contributed by atoms with Crippen LogP contribution in [0.15, 0.2) is 54.6 Å². The van der Waals surface area contributed by atoms with Gasteiger partial charge in [0.2, 0.25) is 17.7 Å². The predicted molar refractivity (Wildman–Crippen MR) is 156 cm³/mol. The molecular formula is C31H33Cl2N3O5. The lowest BCUT2D eigenvalue weighted by atomic mass is 9.74. The van der Waals surface area contributed by atoms with E-state index in [0.29, 0.717) is 28.1 Å². The summed E-state index contributed by atoms with van der Waals surface area (Å²) in [7, 11) is 0. The summed E-state index contributed by atoms with van der Waals surface area (Å²) in [6, 6.07) is 11.4. The molecule has 3 fully saturated rings. The van der Waals surface area contributed by atoms with Gasteiger partial charge in [0, 0.05) is 27.3 Å². The third-order valence-electron chi connectivity index (χ3n) is 8.62. The Morgan fingerprint density at radius 2 is 1.80 bits per heavy atom. The lowest BCUT2D eigenvalue weighted by Crippen LogP contribution is -2.56. The van der Waals surface area contributed by atoms with Crippen LogP contribution in [-0.2, 0) is 25.7 Å². The number of nitrogens with one attached hydrogen (secondary N) is 2. The van der Waals surface area contributed by atoms with Gasteiger partial charge in [0.25, 0.3) is 0 Å². The number of amides is 3. The first-order chi connectivity index (χ1) is 19.8. The van der Waals surface area contributed by atoms with Crippen LogP contribution in [0.5, 0.6) is 5.75 Å². The van der Waals surface area contributed by atoms with Crippen LogP contribution < -0.4 is 15.4 Å². The van der Waals surface area contributed by atoms with Crippen molar-refractivity contribution in [3.05, 3.63) is 70.2 Å². The van der Waals surface area contributed by atoms with E-state index < -0.39 is 29.6 Å². The molecule has 2 bridgehead atoms. The third-order valence-corrected chi connectivity index (χ3v) is 9.06. The maximum absolute atomic E-state index is 14.3. The Morgan fingerprint density at radius 1 is 1.07 bits per heavy atom. The number of carbonyl (C=O) groups is 3. The van der Waals surface area contributed by atoms with Gasteiger partial charge in [-0.3, -0.25) is 14.4 Å². The minimum atomic E-state index is -1.25. The monoisotopic (exact) mass is 597 g/mol. The molecule has 8 nitrogen and oxygen atoms in total. The molecular weight excluding hydrogens is 565 g/mol. The van der Waals surface area contributed by atoms with E-state index in [1.54, 1.807) is 29.2 Å². The van der Waals surface area contributed by atoms with Crippen LogP contribution >= 0.6 is 23.2 Å². The number of para-hydroxylation sites is 1. The maximum Gasteiger partial charge on any atom is 0.246 e. The van der Waals surface area contributed by atoms with Gasteiger partial charge in [0.1, 0.15) is 17.4 Å². The Balaban J connectivity index is 1.34. The van der Waals surface area contributed by atoms with Crippen molar-refractivity contribution >= 4 is 46.6 Å². The van der Waals surface area contributed by atoms with E-state index >= 15 is 0 Å². The number of hydrogen-bond donors (Lipinski definition) is 2. The van der Waals surface area contributed by atoms with Gasteiger partial charge in [0.05, 0.1) is 31.1 Å². The second kappa shape index (κ2) is 11.3. The zero-order valence-electron chi connectivity index (χ0n) is 22.8. The summed E-state index contributed by atoms with van der Waals surface area (Å²) in [5.74, 6) is -1.99. The Hall–Kier alpha value is -3.07. The van der Waals surface area contributed by atoms with Crippen molar-refractivity contribution < 1.29 is 23.9 Å². The summed E-state index contributed by atoms with van der Waals surface area (Å²) in [5.41, 5.74) is -0.0508. The van der Waals surface area contributed by atoms with E-state index in [-0.39, 0.29) is 30.3 Å². The molecule has 6 rings (SSSR count). The fourth-order valence-electron chi connectivity index (χ4n) is 6.93. The molecule has 1 spiro atoms. The second-order valence-corrected chi connectivity index (χ2v) is 12.1. The molecule has 216 valence electrons. The van der Waals surface area contributed by atoms with E-state index in [1.165, 1.54) is 0 Å². The van der Waals surface area contributed by atoms with Crippen molar-refractivity contribution in [3.8, 4) is 5.75 Å². The predicted octanol–water partition coefficient (Wildman–Crippen LogP) is 5.13. The van der Waals surface area contributed by atoms with Crippen molar-refractivity contribution in [2.75, 3.05) is 11.9 Å². The van der Waals surface area contributed by atoms with Gasteiger partial charge in [-0.1, -0.05) is 72.8 Å². The second-order valence-electron chi connectivity index (χ2n) is 11.2. The summed E-state index contributed by atoms with van der Waals surface area (Å²) in [6.07, 6.45) is 8.07. The van der Waals surface area contributed by atoms with Gasteiger partial charge in [0.15, 0.2) is 0 Å². The lowest BCUT2D eigenvalue weighted by molar-refractivity contribution is -0.142. The number of halogens is 2. The van der Waals surface area contributed by atoms with Crippen LogP contribution in [0.1, 0.15) is 44.6 Å². The maximum atomic E-state index is 14.3. The molecule has 4 aliphatic rings. The van der Waals surface area contributed by atoms with Gasteiger partial charge >= 0.3 is 0 Å². The summed E-state index contributed by atoms with van der Waals surface area (Å²) in [6.45, 7) is 2.51. The molecule has 1 aliphatic carbocycles. The number of nitrogens with zero attached hydrogens (tertiary/aromatic N) is 1. The SMILES string of the molecule is CCOc1ccccc1CN1C(=O)[C@@H]2[C@@H](C(=O)Nc3cc(Cl)cc(Cl)c3)[C@@H]3C=C[C@@]2(O3)[C@H]1C(=O)NC1CCCCC1. The van der Waals surface area contributed by atoms with Crippen molar-refractivity contribution in [1.29, 1.82) is 0 Å². The normalized spacial score (nSPS) is 28.6. The van der Waals surface area contributed by atoms with Gasteiger partial charge < -0.3 is 25.0 Å². The molecule has 3 amide bonds. The van der Waals surface area contributed by atoms with Crippen molar-refractivity contribution in [3.63, 3.8) is 0 Å². The van der Waals surface area contributed by atoms with Crippen molar-refractivity contribution in [2.45, 2.75) is 69.4 Å². The zero-order valence-corrected chi connectivity index (χ0v) is 24.3. The summed E-state index contributed by atoms with van der Waals surface area (Å²) >= 11 is 12.3. The van der Waals surface area contributed by atoms with Gasteiger partial charge in [-0.2, -0.15) is 0 Å². The van der Waals surface area contributed by atoms with Gasteiger partial charge in [-0.05, 0) is 44.0 Å². The number of fused-ring (bicyclic) bond motifs is 1. The first-order valence-electron chi connectivity index (χ1n) is 14.3. The third kappa shape index (κ3) is 5.11. The molecule has 0 radical (unpaired) electrons. The topological polar surface area (TPSA) is 97.0 Å². The molecule has 2 aromatic carbocycles. The summed E-state index contributed by atoms with van der Waals surface area (Å²) in [5, 5.41) is 6.84. The van der Waals surface area contributed by atoms with Crippen LogP contribution in [0, 0.1) is 11.8 Å². The average molecular weight is 599 g/mol. The standard InChI is InChI=1S/C31H33Cl2N3O5/c1-2-40-23-11-7-6-8-18(23)17-36-27(29(38)34-21-9-4-3-5-10-21)31-13-12-24(41-31)25(26(31)30(36)39)28(37)35-22-15-19(32)14-20(33)16-22/h6-8,11-16,21,24-27H,2-5,9-10,17H2,1H3,(H,34,38)(H,35,37)/t24-,25-,26-,27+,31-/m0/s1. The quantitative estimate of drug-likeness (QED) is 0.411. The van der Waals surface area contributed by atoms with Crippen molar-refractivity contribution in [1.82, 2.24) is 10.2 Å². The number of hydrogen-bond acceptors (Lipinski definition) is 5. The number of rotatable bonds is 8. The highest BCUT2D eigenvalue weighted by atomic mass is 35.5. The molecule has 2 N–H and O–H groups in total. The zero-order chi connectivity index (χ0) is 28.7. The van der Waals surface area contributed by atoms with Crippen LogP contribution in [-0.4, -0.2) is 53.0 Å². The molecule has 2 saturated heterocycles. The van der Waals surface area contributed by atoms with Crippen molar-refractivity contribution in [2.24, 2.45) is 11.8 Å². The Labute approximate surface area is 249 Å². The van der Waals surface area contributed by atoms with Crippen LogP contribution in [0.2, 0.25) is 10.0 Å². The number of ether oxygens (including phenoxy) is 2. The molecule has 1 saturated carbocycles. The first kappa shape index (κ1) is 28.1. The average Bonchev–Trinajstić information content (AvgIpc) is 3.57. The Morgan fingerprint density at radius 3 is 2.54 bits per heavy atom. The highest BCUT2D eigenvalue weighted by Gasteiger charge is 2.72. The largest absolute Gasteiger partial charge is 0.494 e. The number of benzene rings is 2. The minimum absolute atomic E-state index is 0.0496. The molecule has 0 unspecified atom stereocenters. The van der Waals surface area contributed by atoms with Crippen LogP contribution in [0.3, 0.4) is 0 Å². The molecule has 5 atom stereocenters. The fraction of sp³-hybridized carbons (Fsp3) is 0.452. The van der Waals surface area contributed by atoms with Crippen LogP contribution in [0.25, 0.3) is 0 Å². The summed E-state index contributed by atoms with van der Waals surface area (Å²) in [4.78, 5) is 43.6.